The molecule has 4 nitrogen and oxygen atoms in total. The standard InChI is InChI=1S/C12H11NO3S/c1-8-2-3-9(6-13-8)16-7-10-4-5-11(17-10)12(14)15/h2-6H,7H2,1H3,(H,14,15). The zero-order chi connectivity index (χ0) is 12.3. The number of rotatable bonds is 4. The summed E-state index contributed by atoms with van der Waals surface area (Å²) < 4.78 is 5.50. The number of carboxylic acid groups (broad SMARTS) is 1. The van der Waals surface area contributed by atoms with Gasteiger partial charge in [0.15, 0.2) is 0 Å². The zero-order valence-electron chi connectivity index (χ0n) is 9.21. The van der Waals surface area contributed by atoms with Gasteiger partial charge in [0.05, 0.1) is 6.20 Å². The van der Waals surface area contributed by atoms with Crippen molar-refractivity contribution in [3.05, 3.63) is 45.9 Å². The summed E-state index contributed by atoms with van der Waals surface area (Å²) in [6.07, 6.45) is 1.65. The van der Waals surface area contributed by atoms with Crippen molar-refractivity contribution in [3.8, 4) is 5.75 Å². The number of aryl methyl sites for hydroxylation is 1. The van der Waals surface area contributed by atoms with Crippen molar-refractivity contribution < 1.29 is 14.6 Å². The molecule has 2 rings (SSSR count). The molecule has 0 amide bonds. The monoisotopic (exact) mass is 249 g/mol. The highest BCUT2D eigenvalue weighted by Gasteiger charge is 2.07. The third kappa shape index (κ3) is 3.04. The van der Waals surface area contributed by atoms with E-state index in [-0.39, 0.29) is 0 Å². The fourth-order valence-corrected chi connectivity index (χ4v) is 2.02. The molecule has 0 atom stereocenters. The molecule has 2 heterocycles. The van der Waals surface area contributed by atoms with Crippen molar-refractivity contribution in [3.63, 3.8) is 0 Å². The average Bonchev–Trinajstić information content (AvgIpc) is 2.77. The second-order valence-electron chi connectivity index (χ2n) is 3.50. The minimum Gasteiger partial charge on any atom is -0.486 e. The first-order valence-corrected chi connectivity index (χ1v) is 5.84. The number of carbonyl (C=O) groups is 1. The molecule has 0 saturated carbocycles. The van der Waals surface area contributed by atoms with E-state index in [9.17, 15) is 4.79 Å². The molecule has 88 valence electrons. The molecule has 0 aliphatic heterocycles. The van der Waals surface area contributed by atoms with Gasteiger partial charge in [-0.2, -0.15) is 0 Å². The predicted molar refractivity (Wildman–Crippen MR) is 64.6 cm³/mol. The largest absolute Gasteiger partial charge is 0.486 e. The van der Waals surface area contributed by atoms with Crippen molar-refractivity contribution in [1.29, 1.82) is 0 Å². The van der Waals surface area contributed by atoms with Crippen LogP contribution in [0.3, 0.4) is 0 Å². The Balaban J connectivity index is 1.97. The van der Waals surface area contributed by atoms with E-state index in [1.807, 2.05) is 19.1 Å². The lowest BCUT2D eigenvalue weighted by atomic mass is 10.4. The van der Waals surface area contributed by atoms with Gasteiger partial charge in [0, 0.05) is 10.6 Å². The van der Waals surface area contributed by atoms with Crippen LogP contribution in [0.25, 0.3) is 0 Å². The topological polar surface area (TPSA) is 59.4 Å². The lowest BCUT2D eigenvalue weighted by molar-refractivity contribution is 0.0702. The summed E-state index contributed by atoms with van der Waals surface area (Å²) >= 11 is 1.22. The number of thiophene rings is 1. The molecule has 0 radical (unpaired) electrons. The van der Waals surface area contributed by atoms with Crippen LogP contribution in [-0.2, 0) is 6.61 Å². The number of nitrogens with zero attached hydrogens (tertiary/aromatic N) is 1. The molecular formula is C12H11NO3S. The van der Waals surface area contributed by atoms with Gasteiger partial charge in [0.1, 0.15) is 17.2 Å². The number of hydrogen-bond donors (Lipinski definition) is 1. The minimum atomic E-state index is -0.904. The summed E-state index contributed by atoms with van der Waals surface area (Å²) in [5.74, 6) is -0.223. The highest BCUT2D eigenvalue weighted by atomic mass is 32.1. The highest BCUT2D eigenvalue weighted by Crippen LogP contribution is 2.19. The lowest BCUT2D eigenvalue weighted by Gasteiger charge is -2.03. The molecule has 17 heavy (non-hydrogen) atoms. The molecule has 2 aromatic rings. The maximum Gasteiger partial charge on any atom is 0.345 e. The van der Waals surface area contributed by atoms with E-state index >= 15 is 0 Å². The van der Waals surface area contributed by atoms with E-state index in [0.717, 1.165) is 10.6 Å². The Kier molecular flexibility index (Phi) is 3.39. The van der Waals surface area contributed by atoms with E-state index in [1.165, 1.54) is 11.3 Å². The van der Waals surface area contributed by atoms with Gasteiger partial charge < -0.3 is 9.84 Å². The second kappa shape index (κ2) is 4.97. The van der Waals surface area contributed by atoms with Crippen molar-refractivity contribution in [2.24, 2.45) is 0 Å². The van der Waals surface area contributed by atoms with Crippen molar-refractivity contribution in [1.82, 2.24) is 4.98 Å². The van der Waals surface area contributed by atoms with Crippen LogP contribution in [0.1, 0.15) is 20.2 Å². The van der Waals surface area contributed by atoms with E-state index in [4.69, 9.17) is 9.84 Å². The minimum absolute atomic E-state index is 0.325. The van der Waals surface area contributed by atoms with Gasteiger partial charge in [-0.15, -0.1) is 11.3 Å². The molecule has 5 heteroatoms. The molecule has 2 aromatic heterocycles. The molecular weight excluding hydrogens is 238 g/mol. The maximum absolute atomic E-state index is 10.7. The summed E-state index contributed by atoms with van der Waals surface area (Å²) in [6.45, 7) is 2.27. The molecule has 1 N–H and O–H groups in total. The average molecular weight is 249 g/mol. The van der Waals surface area contributed by atoms with Crippen LogP contribution < -0.4 is 4.74 Å². The van der Waals surface area contributed by atoms with Gasteiger partial charge in [0.25, 0.3) is 0 Å². The van der Waals surface area contributed by atoms with Crippen LogP contribution in [0.4, 0.5) is 0 Å². The maximum atomic E-state index is 10.7. The van der Waals surface area contributed by atoms with Gasteiger partial charge in [0.2, 0.25) is 0 Å². The lowest BCUT2D eigenvalue weighted by Crippen LogP contribution is -1.94. The normalized spacial score (nSPS) is 10.2. The fraction of sp³-hybridized carbons (Fsp3) is 0.167. The first-order chi connectivity index (χ1) is 8.15. The SMILES string of the molecule is Cc1ccc(OCc2ccc(C(=O)O)s2)cn1. The van der Waals surface area contributed by atoms with Gasteiger partial charge in [-0.1, -0.05) is 0 Å². The first kappa shape index (κ1) is 11.6. The number of aromatic nitrogens is 1. The van der Waals surface area contributed by atoms with Gasteiger partial charge in [-0.25, -0.2) is 4.79 Å². The molecule has 0 bridgehead atoms. The Hall–Kier alpha value is -1.88. The molecule has 0 spiro atoms. The zero-order valence-corrected chi connectivity index (χ0v) is 10.0. The summed E-state index contributed by atoms with van der Waals surface area (Å²) in [4.78, 5) is 16.0. The van der Waals surface area contributed by atoms with Crippen LogP contribution in [0.2, 0.25) is 0 Å². The first-order valence-electron chi connectivity index (χ1n) is 5.02. The number of carboxylic acids is 1. The molecule has 0 unspecified atom stereocenters. The molecule has 0 aliphatic carbocycles. The van der Waals surface area contributed by atoms with E-state index < -0.39 is 5.97 Å². The Morgan fingerprint density at radius 3 is 2.82 bits per heavy atom. The Morgan fingerprint density at radius 1 is 1.41 bits per heavy atom. The Bertz CT molecular complexity index is 519. The smallest absolute Gasteiger partial charge is 0.345 e. The van der Waals surface area contributed by atoms with E-state index in [1.54, 1.807) is 18.3 Å². The molecule has 0 aliphatic rings. The third-order valence-corrected chi connectivity index (χ3v) is 3.18. The number of aromatic carboxylic acids is 1. The van der Waals surface area contributed by atoms with E-state index in [0.29, 0.717) is 17.2 Å². The number of hydrogen-bond acceptors (Lipinski definition) is 4. The van der Waals surface area contributed by atoms with Crippen molar-refractivity contribution in [2.45, 2.75) is 13.5 Å². The van der Waals surface area contributed by atoms with Crippen LogP contribution in [0.15, 0.2) is 30.5 Å². The fourth-order valence-electron chi connectivity index (χ4n) is 1.26. The Labute approximate surface area is 103 Å². The second-order valence-corrected chi connectivity index (χ2v) is 4.66. The predicted octanol–water partition coefficient (Wildman–Crippen LogP) is 2.73. The van der Waals surface area contributed by atoms with Gasteiger partial charge in [-0.3, -0.25) is 4.98 Å². The van der Waals surface area contributed by atoms with Crippen LogP contribution in [0.5, 0.6) is 5.75 Å². The van der Waals surface area contributed by atoms with E-state index in [2.05, 4.69) is 4.98 Å². The summed E-state index contributed by atoms with van der Waals surface area (Å²) in [7, 11) is 0. The molecule has 0 fully saturated rings. The number of pyridine rings is 1. The summed E-state index contributed by atoms with van der Waals surface area (Å²) in [6, 6.07) is 7.05. The van der Waals surface area contributed by atoms with Crippen LogP contribution >= 0.6 is 11.3 Å². The quantitative estimate of drug-likeness (QED) is 0.905. The van der Waals surface area contributed by atoms with Crippen molar-refractivity contribution >= 4 is 17.3 Å². The van der Waals surface area contributed by atoms with Gasteiger partial charge >= 0.3 is 5.97 Å². The van der Waals surface area contributed by atoms with Gasteiger partial charge in [-0.05, 0) is 31.2 Å². The summed E-state index contributed by atoms with van der Waals surface area (Å²) in [5.41, 5.74) is 0.932. The third-order valence-electron chi connectivity index (χ3n) is 2.14. The molecule has 0 saturated heterocycles. The summed E-state index contributed by atoms with van der Waals surface area (Å²) in [5, 5.41) is 8.77. The molecule has 0 aromatic carbocycles. The van der Waals surface area contributed by atoms with Crippen LogP contribution in [0, 0.1) is 6.92 Å². The highest BCUT2D eigenvalue weighted by molar-refractivity contribution is 7.13. The Morgan fingerprint density at radius 2 is 2.24 bits per heavy atom. The van der Waals surface area contributed by atoms with Crippen LogP contribution in [-0.4, -0.2) is 16.1 Å². The number of ether oxygens (including phenoxy) is 1. The van der Waals surface area contributed by atoms with Crippen molar-refractivity contribution in [2.75, 3.05) is 0 Å².